The van der Waals surface area contributed by atoms with Crippen molar-refractivity contribution >= 4 is 23.5 Å². The summed E-state index contributed by atoms with van der Waals surface area (Å²) in [4.78, 5) is 25.8. The first-order chi connectivity index (χ1) is 11.0. The molecule has 1 unspecified atom stereocenters. The van der Waals surface area contributed by atoms with Crippen molar-refractivity contribution in [2.45, 2.75) is 19.6 Å². The monoisotopic (exact) mass is 331 g/mol. The quantitative estimate of drug-likeness (QED) is 0.772. The summed E-state index contributed by atoms with van der Waals surface area (Å²) in [5.74, 6) is -0.188. The fourth-order valence-corrected chi connectivity index (χ4v) is 2.23. The van der Waals surface area contributed by atoms with Crippen LogP contribution in [0.3, 0.4) is 0 Å². The molecule has 5 heteroatoms. The van der Waals surface area contributed by atoms with Gasteiger partial charge < -0.3 is 9.64 Å². The molecule has 0 aromatic heterocycles. The smallest absolute Gasteiger partial charge is 0.410 e. The number of benzene rings is 2. The van der Waals surface area contributed by atoms with Gasteiger partial charge in [-0.05, 0) is 24.6 Å². The van der Waals surface area contributed by atoms with Crippen LogP contribution in [0.2, 0.25) is 5.02 Å². The van der Waals surface area contributed by atoms with Crippen LogP contribution in [0.5, 0.6) is 0 Å². The normalized spacial score (nSPS) is 11.6. The van der Waals surface area contributed by atoms with Gasteiger partial charge in [-0.15, -0.1) is 0 Å². The zero-order chi connectivity index (χ0) is 16.8. The van der Waals surface area contributed by atoms with Gasteiger partial charge in [0.15, 0.2) is 5.78 Å². The van der Waals surface area contributed by atoms with E-state index in [-0.39, 0.29) is 12.4 Å². The second kappa shape index (κ2) is 7.79. The van der Waals surface area contributed by atoms with Crippen molar-refractivity contribution in [2.24, 2.45) is 0 Å². The summed E-state index contributed by atoms with van der Waals surface area (Å²) in [5.41, 5.74) is 1.36. The second-order valence-electron chi connectivity index (χ2n) is 5.20. The molecule has 1 atom stereocenters. The van der Waals surface area contributed by atoms with Crippen LogP contribution in [0.25, 0.3) is 0 Å². The van der Waals surface area contributed by atoms with Gasteiger partial charge >= 0.3 is 6.09 Å². The van der Waals surface area contributed by atoms with Gasteiger partial charge in [-0.1, -0.05) is 54.1 Å². The minimum Gasteiger partial charge on any atom is -0.445 e. The number of rotatable bonds is 5. The molecule has 0 aliphatic carbocycles. The maximum absolute atomic E-state index is 12.4. The van der Waals surface area contributed by atoms with Crippen LogP contribution in [0.15, 0.2) is 54.6 Å². The zero-order valence-electron chi connectivity index (χ0n) is 13.0. The van der Waals surface area contributed by atoms with E-state index in [0.717, 1.165) is 5.56 Å². The number of nitrogens with zero attached hydrogens (tertiary/aromatic N) is 1. The lowest BCUT2D eigenvalue weighted by atomic mass is 10.1. The number of ether oxygens (including phenoxy) is 1. The van der Waals surface area contributed by atoms with Crippen molar-refractivity contribution in [1.82, 2.24) is 4.90 Å². The molecule has 1 amide bonds. The summed E-state index contributed by atoms with van der Waals surface area (Å²) in [5, 5.41) is 0.484. The molecule has 23 heavy (non-hydrogen) atoms. The number of Topliss-reactive ketones (excluding diaryl/α,β-unsaturated/α-hetero) is 1. The first-order valence-electron chi connectivity index (χ1n) is 7.22. The van der Waals surface area contributed by atoms with Gasteiger partial charge in [0.2, 0.25) is 0 Å². The number of amides is 1. The van der Waals surface area contributed by atoms with Crippen LogP contribution >= 0.6 is 11.6 Å². The van der Waals surface area contributed by atoms with E-state index in [4.69, 9.17) is 16.3 Å². The van der Waals surface area contributed by atoms with Crippen LogP contribution in [-0.2, 0) is 11.3 Å². The molecule has 0 aliphatic heterocycles. The first-order valence-corrected chi connectivity index (χ1v) is 7.60. The third-order valence-electron chi connectivity index (χ3n) is 3.56. The van der Waals surface area contributed by atoms with Gasteiger partial charge in [0.25, 0.3) is 0 Å². The number of ketones is 1. The maximum atomic E-state index is 12.4. The first kappa shape index (κ1) is 17.0. The largest absolute Gasteiger partial charge is 0.445 e. The molecule has 0 radical (unpaired) electrons. The number of hydrogen-bond donors (Lipinski definition) is 0. The second-order valence-corrected chi connectivity index (χ2v) is 5.64. The highest BCUT2D eigenvalue weighted by Crippen LogP contribution is 2.15. The Labute approximate surface area is 140 Å². The molecule has 4 nitrogen and oxygen atoms in total. The van der Waals surface area contributed by atoms with Crippen LogP contribution in [0.4, 0.5) is 4.79 Å². The molecule has 120 valence electrons. The van der Waals surface area contributed by atoms with Gasteiger partial charge in [0.1, 0.15) is 6.61 Å². The zero-order valence-corrected chi connectivity index (χ0v) is 13.8. The van der Waals surface area contributed by atoms with Crippen LogP contribution in [-0.4, -0.2) is 29.9 Å². The van der Waals surface area contributed by atoms with E-state index < -0.39 is 12.1 Å². The van der Waals surface area contributed by atoms with Gasteiger partial charge in [-0.3, -0.25) is 4.79 Å². The van der Waals surface area contributed by atoms with Crippen LogP contribution < -0.4 is 0 Å². The average molecular weight is 332 g/mol. The lowest BCUT2D eigenvalue weighted by molar-refractivity contribution is 0.0741. The fraction of sp³-hybridized carbons (Fsp3) is 0.222. The number of carbonyl (C=O) groups excluding carboxylic acids is 2. The molecule has 0 aliphatic rings. The Bertz CT molecular complexity index is 688. The fourth-order valence-electron chi connectivity index (χ4n) is 2.04. The molecule has 0 spiro atoms. The Balaban J connectivity index is 1.96. The molecule has 0 heterocycles. The molecule has 2 aromatic rings. The Morgan fingerprint density at radius 1 is 1.13 bits per heavy atom. The van der Waals surface area contributed by atoms with Crippen LogP contribution in [0, 0.1) is 0 Å². The molecule has 2 aromatic carbocycles. The highest BCUT2D eigenvalue weighted by Gasteiger charge is 2.24. The van der Waals surface area contributed by atoms with E-state index in [1.165, 1.54) is 4.90 Å². The van der Waals surface area contributed by atoms with E-state index in [1.54, 1.807) is 38.2 Å². The molecule has 0 fully saturated rings. The molecular formula is C18H18ClNO3. The van der Waals surface area contributed by atoms with Crippen molar-refractivity contribution < 1.29 is 14.3 Å². The Hall–Kier alpha value is -2.33. The predicted molar refractivity (Wildman–Crippen MR) is 89.6 cm³/mol. The number of halogens is 1. The summed E-state index contributed by atoms with van der Waals surface area (Å²) in [6, 6.07) is 15.4. The number of likely N-dealkylation sites (N-methyl/N-ethyl adjacent to an activating group) is 1. The predicted octanol–water partition coefficient (Wildman–Crippen LogP) is 4.18. The molecule has 0 N–H and O–H groups in total. The van der Waals surface area contributed by atoms with Crippen molar-refractivity contribution in [2.75, 3.05) is 7.05 Å². The van der Waals surface area contributed by atoms with Gasteiger partial charge in [0.05, 0.1) is 6.04 Å². The van der Waals surface area contributed by atoms with Crippen molar-refractivity contribution in [1.29, 1.82) is 0 Å². The third-order valence-corrected chi connectivity index (χ3v) is 3.80. The van der Waals surface area contributed by atoms with Crippen molar-refractivity contribution in [3.05, 3.63) is 70.7 Å². The van der Waals surface area contributed by atoms with Crippen molar-refractivity contribution in [3.8, 4) is 0 Å². The number of hydrogen-bond acceptors (Lipinski definition) is 3. The summed E-state index contributed by atoms with van der Waals surface area (Å²) in [6.07, 6.45) is -0.545. The van der Waals surface area contributed by atoms with E-state index in [9.17, 15) is 9.59 Å². The van der Waals surface area contributed by atoms with Gasteiger partial charge in [0, 0.05) is 17.6 Å². The Morgan fingerprint density at radius 3 is 2.48 bits per heavy atom. The molecule has 2 rings (SSSR count). The topological polar surface area (TPSA) is 46.6 Å². The van der Waals surface area contributed by atoms with Gasteiger partial charge in [-0.2, -0.15) is 0 Å². The Morgan fingerprint density at radius 2 is 1.83 bits per heavy atom. The number of carbonyl (C=O) groups is 2. The lowest BCUT2D eigenvalue weighted by Crippen LogP contribution is -2.40. The lowest BCUT2D eigenvalue weighted by Gasteiger charge is -2.23. The van der Waals surface area contributed by atoms with Gasteiger partial charge in [-0.25, -0.2) is 4.79 Å². The van der Waals surface area contributed by atoms with E-state index in [1.807, 2.05) is 30.3 Å². The van der Waals surface area contributed by atoms with E-state index in [0.29, 0.717) is 10.6 Å². The molecule has 0 bridgehead atoms. The third kappa shape index (κ3) is 4.57. The maximum Gasteiger partial charge on any atom is 0.410 e. The van der Waals surface area contributed by atoms with E-state index >= 15 is 0 Å². The summed E-state index contributed by atoms with van der Waals surface area (Å²) in [7, 11) is 1.54. The van der Waals surface area contributed by atoms with Crippen LogP contribution in [0.1, 0.15) is 22.8 Å². The molecule has 0 saturated carbocycles. The molecular weight excluding hydrogens is 314 g/mol. The standard InChI is InChI=1S/C18H18ClNO3/c1-13(17(21)15-9-6-10-16(19)11-15)20(2)18(22)23-12-14-7-4-3-5-8-14/h3-11,13H,12H2,1-2H3. The molecule has 0 saturated heterocycles. The average Bonchev–Trinajstić information content (AvgIpc) is 2.58. The summed E-state index contributed by atoms with van der Waals surface area (Å²) < 4.78 is 5.23. The van der Waals surface area contributed by atoms with Crippen molar-refractivity contribution in [3.63, 3.8) is 0 Å². The highest BCUT2D eigenvalue weighted by atomic mass is 35.5. The summed E-state index contributed by atoms with van der Waals surface area (Å²) in [6.45, 7) is 1.83. The highest BCUT2D eigenvalue weighted by molar-refractivity contribution is 6.31. The SMILES string of the molecule is CC(C(=O)c1cccc(Cl)c1)N(C)C(=O)OCc1ccccc1. The minimum atomic E-state index is -0.642. The Kier molecular flexibility index (Phi) is 5.77. The minimum absolute atomic E-state index is 0.169. The van der Waals surface area contributed by atoms with E-state index in [2.05, 4.69) is 0 Å². The summed E-state index contributed by atoms with van der Waals surface area (Å²) >= 11 is 5.90.